The van der Waals surface area contributed by atoms with Gasteiger partial charge >= 0.3 is 89.5 Å². The maximum atomic E-state index is 13.1. The van der Waals surface area contributed by atoms with Gasteiger partial charge in [-0.3, -0.25) is 71.9 Å². The zero-order valence-corrected chi connectivity index (χ0v) is 68.9. The highest BCUT2D eigenvalue weighted by Crippen LogP contribution is 2.57. The first-order valence-corrected chi connectivity index (χ1v) is 41.2. The molecule has 15 saturated heterocycles. The predicted octanol–water partition coefficient (Wildman–Crippen LogP) is 3.91. The standard InChI is InChI=1S/C20H28O7.C17H24O7.C15H20O8.C15H20O7.C14H18O7/c1-4-10(3)17(21)25-15-14-12(11-13(24-14)16(15)26-18(11)22)19(23)27-20(5-2)8-6-7-9-20;1-6-7(2)14(18)22-12-11-9(16(20)24-17(3,4)5)8-10(21-11)13(12)23-15(8)19;1-4-6(2)13(16)22-11-9-7(14(17)20-5-19-3)8-10(21-9)12(11)23-15(8)18;1-4-6(3)13(16)21-11-9-7(14(17)19-5-2)8-10(20-9)12(11)22-15(8)18;1-4-5(2)12(15)20-10-8-6(13(16)18-3)7-9(19-8)11(10)21-14(7)17/h10-16H,4-9H2,1-3H3;7-13H,6H2,1-5H3;6-12H,4-5H2,1-3H3;6-12H,4-5H2,1-3H3;5-11H,4H2,1-3H3. The van der Waals surface area contributed by atoms with E-state index < -0.39 is 258 Å². The molecule has 0 aromatic rings. The van der Waals surface area contributed by atoms with Crippen molar-refractivity contribution < 1.29 is 171 Å². The van der Waals surface area contributed by atoms with Crippen molar-refractivity contribution in [1.82, 2.24) is 0 Å². The molecule has 0 N–H and O–H groups in total. The Balaban J connectivity index is 0.000000135. The van der Waals surface area contributed by atoms with Crippen molar-refractivity contribution >= 4 is 89.5 Å². The fraction of sp³-hybridized carbons (Fsp3) is 0.815. The first-order chi connectivity index (χ1) is 55.5. The smallest absolute Gasteiger partial charge is 0.314 e. The van der Waals surface area contributed by atoms with Crippen LogP contribution in [-0.4, -0.2) is 250 Å². The molecule has 35 unspecified atom stereocenters. The maximum Gasteiger partial charge on any atom is 0.314 e. The summed E-state index contributed by atoms with van der Waals surface area (Å²) < 4.78 is 114. The summed E-state index contributed by atoms with van der Waals surface area (Å²) in [5.41, 5.74) is -1.12. The number of esters is 15. The van der Waals surface area contributed by atoms with Gasteiger partial charge in [-0.1, -0.05) is 76.2 Å². The van der Waals surface area contributed by atoms with Gasteiger partial charge in [-0.2, -0.15) is 0 Å². The third kappa shape index (κ3) is 16.2. The Kier molecular flexibility index (Phi) is 26.5. The fourth-order valence-corrected chi connectivity index (χ4v) is 18.6. The van der Waals surface area contributed by atoms with Crippen LogP contribution in [0.15, 0.2) is 0 Å². The SMILES string of the molecule is CCC(C)C(=O)OC1C2OC(=O)C3C2OC1C3C(=O)OC.CCC(C)C(=O)OC1C2OC(=O)C3C2OC1C3C(=O)OC(C)(C)C.CCC(C)C(=O)OC1C2OC(=O)C3C2OC1C3C(=O)OC1(CC)CCCC1.CCC(C)C(=O)OC1C2OC(=O)C3C2OC1C3C(=O)OCOC.CCOC(=O)C1C2OC3C(OC(=O)C31)C2OC(=O)C(C)CC. The normalized spacial score (nSPS) is 39.1. The number of ether oxygens (including phenoxy) is 21. The molecule has 0 radical (unpaired) electrons. The van der Waals surface area contributed by atoms with Crippen molar-refractivity contribution in [1.29, 1.82) is 0 Å². The summed E-state index contributed by atoms with van der Waals surface area (Å²) in [5, 5.41) is 0. The van der Waals surface area contributed by atoms with E-state index in [0.717, 1.165) is 32.1 Å². The van der Waals surface area contributed by atoms with Gasteiger partial charge in [-0.05, 0) is 91.9 Å². The molecule has 16 rings (SSSR count). The monoisotopic (exact) mass is 1660 g/mol. The minimum Gasteiger partial charge on any atom is -0.469 e. The minimum absolute atomic E-state index is 0.213. The molecule has 10 bridgehead atoms. The maximum absolute atomic E-state index is 13.1. The van der Waals surface area contributed by atoms with Crippen LogP contribution in [0.1, 0.15) is 168 Å². The molecule has 0 aromatic carbocycles. The van der Waals surface area contributed by atoms with Gasteiger partial charge in [0.1, 0.15) is 131 Å². The van der Waals surface area contributed by atoms with Crippen molar-refractivity contribution in [2.75, 3.05) is 27.6 Å². The van der Waals surface area contributed by atoms with E-state index >= 15 is 0 Å². The van der Waals surface area contributed by atoms with Crippen LogP contribution in [0.5, 0.6) is 0 Å². The summed E-state index contributed by atoms with van der Waals surface area (Å²) >= 11 is 0. The Morgan fingerprint density at radius 1 is 0.359 bits per heavy atom. The Labute approximate surface area is 676 Å². The van der Waals surface area contributed by atoms with Crippen molar-refractivity contribution in [3.63, 3.8) is 0 Å². The van der Waals surface area contributed by atoms with Gasteiger partial charge in [-0.25, -0.2) is 0 Å². The molecule has 0 spiro atoms. The van der Waals surface area contributed by atoms with Gasteiger partial charge in [0.15, 0.2) is 67.8 Å². The molecule has 117 heavy (non-hydrogen) atoms. The van der Waals surface area contributed by atoms with Gasteiger partial charge < -0.3 is 99.5 Å². The van der Waals surface area contributed by atoms with E-state index in [1.54, 1.807) is 62.3 Å². The highest BCUT2D eigenvalue weighted by atomic mass is 16.7. The summed E-state index contributed by atoms with van der Waals surface area (Å²) in [5.74, 6) is -15.4. The van der Waals surface area contributed by atoms with Gasteiger partial charge in [-0.15, -0.1) is 0 Å². The summed E-state index contributed by atoms with van der Waals surface area (Å²) in [6.07, 6.45) is -5.21. The van der Waals surface area contributed by atoms with E-state index in [9.17, 15) is 71.9 Å². The molecule has 16 fully saturated rings. The molecule has 650 valence electrons. The number of hydrogen-bond donors (Lipinski definition) is 0. The highest BCUT2D eigenvalue weighted by molar-refractivity contribution is 5.91. The molecular weight excluding hydrogens is 1550 g/mol. The predicted molar refractivity (Wildman–Crippen MR) is 384 cm³/mol. The molecule has 1 saturated carbocycles. The van der Waals surface area contributed by atoms with Crippen LogP contribution in [0, 0.1) is 88.8 Å². The lowest BCUT2D eigenvalue weighted by Gasteiger charge is -2.32. The molecular formula is C81H110O36. The number of fused-ring (bicyclic) bond motifs is 5. The molecule has 0 amide bonds. The van der Waals surface area contributed by atoms with E-state index in [1.165, 1.54) is 14.2 Å². The number of carbonyl (C=O) groups is 15. The molecule has 15 heterocycles. The number of methoxy groups -OCH3 is 2. The summed E-state index contributed by atoms with van der Waals surface area (Å²) in [4.78, 5) is 183. The third-order valence-electron chi connectivity index (χ3n) is 25.9. The lowest BCUT2D eigenvalue weighted by molar-refractivity contribution is -0.174. The third-order valence-corrected chi connectivity index (χ3v) is 25.9. The Hall–Kier alpha value is -8.19. The molecule has 35 atom stereocenters. The summed E-state index contributed by atoms with van der Waals surface area (Å²) in [6, 6.07) is 0. The Morgan fingerprint density at radius 2 is 0.615 bits per heavy atom. The first-order valence-electron chi connectivity index (χ1n) is 41.2. The lowest BCUT2D eigenvalue weighted by atomic mass is 9.78. The summed E-state index contributed by atoms with van der Waals surface area (Å²) in [6.45, 7) is 27.3. The van der Waals surface area contributed by atoms with E-state index in [2.05, 4.69) is 0 Å². The minimum atomic E-state index is -0.837. The van der Waals surface area contributed by atoms with Crippen LogP contribution in [0.2, 0.25) is 0 Å². The Bertz CT molecular complexity index is 3820. The van der Waals surface area contributed by atoms with E-state index in [1.807, 2.05) is 41.5 Å². The second-order valence-electron chi connectivity index (χ2n) is 34.0. The molecule has 15 aliphatic heterocycles. The summed E-state index contributed by atoms with van der Waals surface area (Å²) in [7, 11) is 2.65. The average Bonchev–Trinajstić information content (AvgIpc) is 1.58. The number of carbonyl (C=O) groups excluding carboxylic acids is 15. The van der Waals surface area contributed by atoms with Crippen molar-refractivity contribution in [2.45, 2.75) is 301 Å². The number of rotatable bonds is 25. The van der Waals surface area contributed by atoms with E-state index in [4.69, 9.17) is 99.5 Å². The number of hydrogen-bond acceptors (Lipinski definition) is 36. The van der Waals surface area contributed by atoms with Crippen LogP contribution in [-0.2, 0) is 171 Å². The molecule has 1 aliphatic carbocycles. The molecule has 36 nitrogen and oxygen atoms in total. The second-order valence-corrected chi connectivity index (χ2v) is 34.0. The van der Waals surface area contributed by atoms with Crippen molar-refractivity contribution in [3.8, 4) is 0 Å². The van der Waals surface area contributed by atoms with Crippen LogP contribution >= 0.6 is 0 Å². The quantitative estimate of drug-likeness (QED) is 0.0710. The van der Waals surface area contributed by atoms with E-state index in [0.29, 0.717) is 32.1 Å². The zero-order chi connectivity index (χ0) is 85.2. The van der Waals surface area contributed by atoms with Crippen LogP contribution in [0.3, 0.4) is 0 Å². The topological polar surface area (TPSA) is 450 Å². The van der Waals surface area contributed by atoms with Crippen LogP contribution in [0.25, 0.3) is 0 Å². The fourth-order valence-electron chi connectivity index (χ4n) is 18.6. The lowest BCUT2D eigenvalue weighted by Crippen LogP contribution is -2.49. The molecule has 16 aliphatic rings. The second kappa shape index (κ2) is 35.2. The largest absolute Gasteiger partial charge is 0.469 e. The first kappa shape index (κ1) is 88.1. The van der Waals surface area contributed by atoms with E-state index in [-0.39, 0.29) is 66.9 Å². The average molecular weight is 1660 g/mol. The highest BCUT2D eigenvalue weighted by Gasteiger charge is 2.77. The van der Waals surface area contributed by atoms with Gasteiger partial charge in [0.25, 0.3) is 0 Å². The molecule has 0 aromatic heterocycles. The Morgan fingerprint density at radius 3 is 0.855 bits per heavy atom. The van der Waals surface area contributed by atoms with Crippen LogP contribution < -0.4 is 0 Å². The van der Waals surface area contributed by atoms with Crippen molar-refractivity contribution in [3.05, 3.63) is 0 Å². The zero-order valence-electron chi connectivity index (χ0n) is 68.9. The van der Waals surface area contributed by atoms with Gasteiger partial charge in [0.05, 0.1) is 43.3 Å². The molecule has 36 heteroatoms. The van der Waals surface area contributed by atoms with Crippen molar-refractivity contribution in [2.24, 2.45) is 88.8 Å². The van der Waals surface area contributed by atoms with Gasteiger partial charge in [0, 0.05) is 7.11 Å². The van der Waals surface area contributed by atoms with Gasteiger partial charge in [0.2, 0.25) is 0 Å². The van der Waals surface area contributed by atoms with Crippen LogP contribution in [0.4, 0.5) is 0 Å².